The maximum Gasteiger partial charge on any atom is 0.353 e. The van der Waals surface area contributed by atoms with E-state index in [1.807, 2.05) is 0 Å². The lowest BCUT2D eigenvalue weighted by atomic mass is 10.1. The highest BCUT2D eigenvalue weighted by Gasteiger charge is 2.23. The van der Waals surface area contributed by atoms with E-state index >= 15 is 0 Å². The van der Waals surface area contributed by atoms with Gasteiger partial charge in [0, 0.05) is 6.07 Å². The number of halogens is 1. The first-order valence-electron chi connectivity index (χ1n) is 5.81. The highest BCUT2D eigenvalue weighted by molar-refractivity contribution is 6.35. The monoisotopic (exact) mass is 312 g/mol. The Morgan fingerprint density at radius 3 is 2.33 bits per heavy atom. The number of methoxy groups -OCH3 is 3. The number of nitrogens with one attached hydrogen (secondary N) is 1. The number of nitrogens with zero attached hydrogens (tertiary/aromatic N) is 1. The standard InChI is InChI=1S/C13H13ClN2O5/c1-19-8-5-9(20-2)12(21-3)11(14)10(8)6-4-7(13(17)18)16-15-6/h4-5H,1-3H3,(H,15,16)(H,17,18). The van der Waals surface area contributed by atoms with Crippen LogP contribution >= 0.6 is 11.6 Å². The lowest BCUT2D eigenvalue weighted by Crippen LogP contribution is -1.97. The second-order valence-corrected chi connectivity index (χ2v) is 4.35. The van der Waals surface area contributed by atoms with E-state index in [-0.39, 0.29) is 10.7 Å². The van der Waals surface area contributed by atoms with E-state index in [9.17, 15) is 4.79 Å². The van der Waals surface area contributed by atoms with Crippen molar-refractivity contribution in [2.75, 3.05) is 21.3 Å². The fraction of sp³-hybridized carbons (Fsp3) is 0.231. The molecule has 0 spiro atoms. The molecule has 0 atom stereocenters. The molecule has 1 heterocycles. The Morgan fingerprint density at radius 2 is 1.86 bits per heavy atom. The number of ether oxygens (including phenoxy) is 3. The smallest absolute Gasteiger partial charge is 0.353 e. The number of carboxylic acid groups (broad SMARTS) is 1. The molecule has 2 rings (SSSR count). The van der Waals surface area contributed by atoms with E-state index in [4.69, 9.17) is 30.9 Å². The number of benzene rings is 1. The summed E-state index contributed by atoms with van der Waals surface area (Å²) in [4.78, 5) is 10.9. The molecule has 0 saturated carbocycles. The zero-order valence-corrected chi connectivity index (χ0v) is 12.3. The van der Waals surface area contributed by atoms with Crippen LogP contribution in [-0.4, -0.2) is 42.6 Å². The number of hydrogen-bond acceptors (Lipinski definition) is 5. The van der Waals surface area contributed by atoms with Gasteiger partial charge in [-0.15, -0.1) is 0 Å². The Hall–Kier alpha value is -2.41. The summed E-state index contributed by atoms with van der Waals surface area (Å²) in [6, 6.07) is 2.95. The molecule has 0 unspecified atom stereocenters. The van der Waals surface area contributed by atoms with Gasteiger partial charge in [0.1, 0.15) is 11.4 Å². The van der Waals surface area contributed by atoms with Gasteiger partial charge in [-0.1, -0.05) is 11.6 Å². The van der Waals surface area contributed by atoms with Crippen LogP contribution in [0.2, 0.25) is 5.02 Å². The SMILES string of the molecule is COc1cc(OC)c(-c2cc(C(=O)O)[nH]n2)c(Cl)c1OC. The van der Waals surface area contributed by atoms with Crippen molar-refractivity contribution in [3.05, 3.63) is 22.8 Å². The normalized spacial score (nSPS) is 10.3. The van der Waals surface area contributed by atoms with Gasteiger partial charge in [-0.3, -0.25) is 5.10 Å². The van der Waals surface area contributed by atoms with E-state index in [1.165, 1.54) is 27.4 Å². The summed E-state index contributed by atoms with van der Waals surface area (Å²) in [5, 5.41) is 15.5. The van der Waals surface area contributed by atoms with Crippen LogP contribution in [-0.2, 0) is 0 Å². The summed E-state index contributed by atoms with van der Waals surface area (Å²) >= 11 is 6.31. The number of H-pyrrole nitrogens is 1. The van der Waals surface area contributed by atoms with E-state index in [2.05, 4.69) is 10.2 Å². The second-order valence-electron chi connectivity index (χ2n) is 3.98. The summed E-state index contributed by atoms with van der Waals surface area (Å²) in [7, 11) is 4.39. The zero-order valence-electron chi connectivity index (χ0n) is 11.6. The first kappa shape index (κ1) is 15.0. The van der Waals surface area contributed by atoms with Crippen LogP contribution in [0.1, 0.15) is 10.5 Å². The molecule has 0 fully saturated rings. The molecule has 1 aromatic carbocycles. The van der Waals surface area contributed by atoms with Crippen molar-refractivity contribution in [3.63, 3.8) is 0 Å². The lowest BCUT2D eigenvalue weighted by Gasteiger charge is -2.15. The highest BCUT2D eigenvalue weighted by Crippen LogP contribution is 2.47. The summed E-state index contributed by atoms with van der Waals surface area (Å²) in [5.74, 6) is -0.0164. The van der Waals surface area contributed by atoms with Gasteiger partial charge >= 0.3 is 5.97 Å². The Morgan fingerprint density at radius 1 is 1.19 bits per heavy atom. The topological polar surface area (TPSA) is 93.7 Å². The predicted octanol–water partition coefficient (Wildman–Crippen LogP) is 2.45. The van der Waals surface area contributed by atoms with Crippen molar-refractivity contribution in [2.24, 2.45) is 0 Å². The fourth-order valence-electron chi connectivity index (χ4n) is 1.89. The van der Waals surface area contributed by atoms with Gasteiger partial charge < -0.3 is 19.3 Å². The predicted molar refractivity (Wildman–Crippen MR) is 75.6 cm³/mol. The van der Waals surface area contributed by atoms with Gasteiger partial charge in [-0.2, -0.15) is 5.10 Å². The lowest BCUT2D eigenvalue weighted by molar-refractivity contribution is 0.0690. The quantitative estimate of drug-likeness (QED) is 0.880. The summed E-state index contributed by atoms with van der Waals surface area (Å²) in [5.41, 5.74) is 0.689. The first-order valence-corrected chi connectivity index (χ1v) is 6.18. The third-order valence-corrected chi connectivity index (χ3v) is 3.22. The third-order valence-electron chi connectivity index (χ3n) is 2.86. The van der Waals surface area contributed by atoms with Crippen LogP contribution < -0.4 is 14.2 Å². The molecule has 0 aliphatic heterocycles. The van der Waals surface area contributed by atoms with Crippen LogP contribution in [0.3, 0.4) is 0 Å². The maximum absolute atomic E-state index is 10.9. The van der Waals surface area contributed by atoms with E-state index in [1.54, 1.807) is 6.07 Å². The van der Waals surface area contributed by atoms with E-state index in [0.717, 1.165) is 0 Å². The molecule has 0 bridgehead atoms. The van der Waals surface area contributed by atoms with Crippen molar-refractivity contribution in [2.45, 2.75) is 0 Å². The van der Waals surface area contributed by atoms with Crippen LogP contribution in [0, 0.1) is 0 Å². The molecule has 2 aromatic rings. The molecule has 21 heavy (non-hydrogen) atoms. The summed E-state index contributed by atoms with van der Waals surface area (Å²) in [6.45, 7) is 0. The average Bonchev–Trinajstić information content (AvgIpc) is 2.95. The Bertz CT molecular complexity index is 683. The van der Waals surface area contributed by atoms with Crippen molar-refractivity contribution in [1.29, 1.82) is 0 Å². The van der Waals surface area contributed by atoms with E-state index in [0.29, 0.717) is 28.5 Å². The second kappa shape index (κ2) is 5.92. The van der Waals surface area contributed by atoms with Gasteiger partial charge in [0.15, 0.2) is 11.5 Å². The zero-order chi connectivity index (χ0) is 15.6. The van der Waals surface area contributed by atoms with Gasteiger partial charge in [0.25, 0.3) is 0 Å². The molecule has 0 aliphatic carbocycles. The molecule has 0 saturated heterocycles. The number of carbonyl (C=O) groups is 1. The average molecular weight is 313 g/mol. The highest BCUT2D eigenvalue weighted by atomic mass is 35.5. The third kappa shape index (κ3) is 2.59. The molecule has 0 amide bonds. The minimum Gasteiger partial charge on any atom is -0.496 e. The Kier molecular flexibility index (Phi) is 4.23. The van der Waals surface area contributed by atoms with Gasteiger partial charge in [-0.25, -0.2) is 4.79 Å². The maximum atomic E-state index is 10.9. The minimum absolute atomic E-state index is 0.0575. The molecule has 8 heteroatoms. The van der Waals surface area contributed by atoms with Gasteiger partial charge in [0.05, 0.1) is 37.6 Å². The molecule has 0 aliphatic rings. The number of aromatic amines is 1. The van der Waals surface area contributed by atoms with Gasteiger partial charge in [-0.05, 0) is 6.07 Å². The van der Waals surface area contributed by atoms with Crippen molar-refractivity contribution in [1.82, 2.24) is 10.2 Å². The number of hydrogen-bond donors (Lipinski definition) is 2. The molecular weight excluding hydrogens is 300 g/mol. The molecular formula is C13H13ClN2O5. The van der Waals surface area contributed by atoms with Crippen molar-refractivity contribution in [3.8, 4) is 28.5 Å². The van der Waals surface area contributed by atoms with Crippen LogP contribution in [0.25, 0.3) is 11.3 Å². The summed E-state index contributed by atoms with van der Waals surface area (Å²) < 4.78 is 15.7. The number of rotatable bonds is 5. The molecule has 0 radical (unpaired) electrons. The summed E-state index contributed by atoms with van der Waals surface area (Å²) in [6.07, 6.45) is 0. The van der Waals surface area contributed by atoms with E-state index < -0.39 is 5.97 Å². The number of aromatic nitrogens is 2. The van der Waals surface area contributed by atoms with Crippen LogP contribution in [0.15, 0.2) is 12.1 Å². The van der Waals surface area contributed by atoms with Crippen LogP contribution in [0.5, 0.6) is 17.2 Å². The molecule has 1 aromatic heterocycles. The molecule has 112 valence electrons. The number of carboxylic acids is 1. The van der Waals surface area contributed by atoms with Crippen molar-refractivity contribution < 1.29 is 24.1 Å². The number of aromatic carboxylic acids is 1. The Labute approximate surface area is 125 Å². The van der Waals surface area contributed by atoms with Gasteiger partial charge in [0.2, 0.25) is 0 Å². The first-order chi connectivity index (χ1) is 10.0. The fourth-order valence-corrected chi connectivity index (χ4v) is 2.25. The Balaban J connectivity index is 2.68. The largest absolute Gasteiger partial charge is 0.496 e. The minimum atomic E-state index is -1.12. The van der Waals surface area contributed by atoms with Crippen molar-refractivity contribution >= 4 is 17.6 Å². The van der Waals surface area contributed by atoms with Crippen LogP contribution in [0.4, 0.5) is 0 Å². The molecule has 2 N–H and O–H groups in total. The molecule has 7 nitrogen and oxygen atoms in total.